The summed E-state index contributed by atoms with van der Waals surface area (Å²) in [5.74, 6) is -0.198. The molecule has 22 heavy (non-hydrogen) atoms. The van der Waals surface area contributed by atoms with Crippen molar-refractivity contribution in [3.05, 3.63) is 59.8 Å². The topological polar surface area (TPSA) is 56.7 Å². The first kappa shape index (κ1) is 14.5. The van der Waals surface area contributed by atoms with Crippen molar-refractivity contribution in [1.29, 1.82) is 0 Å². The summed E-state index contributed by atoms with van der Waals surface area (Å²) in [6.07, 6.45) is 1.57. The molecule has 0 spiro atoms. The van der Waals surface area contributed by atoms with Crippen molar-refractivity contribution in [2.45, 2.75) is 6.04 Å². The highest BCUT2D eigenvalue weighted by Crippen LogP contribution is 2.29. The molecule has 1 atom stereocenters. The monoisotopic (exact) mass is 297 g/mol. The third kappa shape index (κ3) is 2.94. The molecule has 5 nitrogen and oxygen atoms in total. The number of hydrogen-bond acceptors (Lipinski definition) is 4. The molecule has 2 heterocycles. The van der Waals surface area contributed by atoms with Crippen LogP contribution in [0.5, 0.6) is 0 Å². The number of anilines is 1. The molecule has 0 radical (unpaired) electrons. The van der Waals surface area contributed by atoms with Crippen LogP contribution in [-0.2, 0) is 0 Å². The van der Waals surface area contributed by atoms with Crippen LogP contribution in [0.1, 0.15) is 22.0 Å². The Kier molecular flexibility index (Phi) is 4.06. The van der Waals surface area contributed by atoms with Gasteiger partial charge in [0.15, 0.2) is 0 Å². The Labute approximate surface area is 129 Å². The standard InChI is InChI=1S/C17H19N3O2/c1-19-9-10-20(15(12-19)13-5-3-2-4-6-13)16-11-14(17(21)22)7-8-18-16/h2-8,11,15H,9-10,12H2,1H3,(H,21,22). The van der Waals surface area contributed by atoms with Gasteiger partial charge in [-0.15, -0.1) is 0 Å². The van der Waals surface area contributed by atoms with Gasteiger partial charge in [0, 0.05) is 25.8 Å². The molecule has 2 aromatic rings. The highest BCUT2D eigenvalue weighted by atomic mass is 16.4. The maximum atomic E-state index is 11.2. The Morgan fingerprint density at radius 1 is 1.23 bits per heavy atom. The van der Waals surface area contributed by atoms with Crippen molar-refractivity contribution in [3.8, 4) is 0 Å². The van der Waals surface area contributed by atoms with Gasteiger partial charge in [-0.25, -0.2) is 9.78 Å². The summed E-state index contributed by atoms with van der Waals surface area (Å²) in [7, 11) is 2.11. The zero-order valence-electron chi connectivity index (χ0n) is 12.5. The lowest BCUT2D eigenvalue weighted by Gasteiger charge is -2.41. The Morgan fingerprint density at radius 2 is 2.00 bits per heavy atom. The highest BCUT2D eigenvalue weighted by Gasteiger charge is 2.27. The number of likely N-dealkylation sites (N-methyl/N-ethyl adjacent to an activating group) is 1. The second-order valence-corrected chi connectivity index (χ2v) is 5.59. The summed E-state index contributed by atoms with van der Waals surface area (Å²) < 4.78 is 0. The summed E-state index contributed by atoms with van der Waals surface area (Å²) in [5.41, 5.74) is 1.49. The molecule has 5 heteroatoms. The number of benzene rings is 1. The summed E-state index contributed by atoms with van der Waals surface area (Å²) in [4.78, 5) is 20.1. The van der Waals surface area contributed by atoms with E-state index in [-0.39, 0.29) is 11.6 Å². The molecule has 114 valence electrons. The smallest absolute Gasteiger partial charge is 0.335 e. The van der Waals surface area contributed by atoms with Gasteiger partial charge in [-0.1, -0.05) is 30.3 Å². The molecule has 0 amide bonds. The molecule has 0 saturated carbocycles. The van der Waals surface area contributed by atoms with Crippen LogP contribution in [0.3, 0.4) is 0 Å². The SMILES string of the molecule is CN1CCN(c2cc(C(=O)O)ccn2)C(c2ccccc2)C1. The van der Waals surface area contributed by atoms with Gasteiger partial charge in [-0.3, -0.25) is 0 Å². The average molecular weight is 297 g/mol. The molecule has 1 aromatic carbocycles. The zero-order chi connectivity index (χ0) is 15.5. The first-order valence-electron chi connectivity index (χ1n) is 7.34. The van der Waals surface area contributed by atoms with E-state index in [1.165, 1.54) is 11.6 Å². The van der Waals surface area contributed by atoms with Crippen LogP contribution in [0.4, 0.5) is 5.82 Å². The lowest BCUT2D eigenvalue weighted by atomic mass is 10.0. The normalized spacial score (nSPS) is 19.1. The van der Waals surface area contributed by atoms with Crippen molar-refractivity contribution >= 4 is 11.8 Å². The fourth-order valence-corrected chi connectivity index (χ4v) is 2.86. The largest absolute Gasteiger partial charge is 0.478 e. The summed E-state index contributed by atoms with van der Waals surface area (Å²) >= 11 is 0. The van der Waals surface area contributed by atoms with Crippen LogP contribution < -0.4 is 4.90 Å². The van der Waals surface area contributed by atoms with E-state index in [1.807, 2.05) is 18.2 Å². The second-order valence-electron chi connectivity index (χ2n) is 5.59. The molecule has 1 saturated heterocycles. The van der Waals surface area contributed by atoms with Crippen molar-refractivity contribution < 1.29 is 9.90 Å². The molecular formula is C17H19N3O2. The van der Waals surface area contributed by atoms with Gasteiger partial charge in [0.1, 0.15) is 5.82 Å². The number of aromatic carboxylic acids is 1. The quantitative estimate of drug-likeness (QED) is 0.942. The van der Waals surface area contributed by atoms with E-state index in [0.717, 1.165) is 25.5 Å². The summed E-state index contributed by atoms with van der Waals surface area (Å²) in [6, 6.07) is 13.6. The predicted molar refractivity (Wildman–Crippen MR) is 85.2 cm³/mol. The van der Waals surface area contributed by atoms with Crippen LogP contribution >= 0.6 is 0 Å². The number of carboxylic acids is 1. The number of rotatable bonds is 3. The van der Waals surface area contributed by atoms with E-state index < -0.39 is 5.97 Å². The number of nitrogens with zero attached hydrogens (tertiary/aromatic N) is 3. The third-order valence-electron chi connectivity index (χ3n) is 4.05. The molecule has 1 unspecified atom stereocenters. The van der Waals surface area contributed by atoms with Gasteiger partial charge in [-0.05, 0) is 24.7 Å². The van der Waals surface area contributed by atoms with E-state index in [0.29, 0.717) is 0 Å². The summed E-state index contributed by atoms with van der Waals surface area (Å²) in [6.45, 7) is 2.65. The minimum atomic E-state index is -0.922. The molecule has 1 aliphatic rings. The molecular weight excluding hydrogens is 278 g/mol. The van der Waals surface area contributed by atoms with E-state index in [4.69, 9.17) is 0 Å². The summed E-state index contributed by atoms with van der Waals surface area (Å²) in [5, 5.41) is 9.18. The molecule has 3 rings (SSSR count). The van der Waals surface area contributed by atoms with E-state index in [2.05, 4.69) is 34.0 Å². The van der Waals surface area contributed by atoms with Crippen LogP contribution in [0.2, 0.25) is 0 Å². The van der Waals surface area contributed by atoms with Gasteiger partial charge >= 0.3 is 5.97 Å². The molecule has 1 fully saturated rings. The van der Waals surface area contributed by atoms with Gasteiger partial charge in [-0.2, -0.15) is 0 Å². The second kappa shape index (κ2) is 6.15. The van der Waals surface area contributed by atoms with E-state index >= 15 is 0 Å². The molecule has 1 aromatic heterocycles. The Hall–Kier alpha value is -2.40. The van der Waals surface area contributed by atoms with E-state index in [9.17, 15) is 9.90 Å². The van der Waals surface area contributed by atoms with E-state index in [1.54, 1.807) is 12.3 Å². The van der Waals surface area contributed by atoms with Crippen molar-refractivity contribution in [2.24, 2.45) is 0 Å². The molecule has 0 aliphatic carbocycles. The number of piperazine rings is 1. The maximum Gasteiger partial charge on any atom is 0.335 e. The lowest BCUT2D eigenvalue weighted by molar-refractivity contribution is 0.0696. The van der Waals surface area contributed by atoms with Gasteiger partial charge in [0.05, 0.1) is 11.6 Å². The fourth-order valence-electron chi connectivity index (χ4n) is 2.86. The van der Waals surface area contributed by atoms with Crippen LogP contribution in [-0.4, -0.2) is 47.6 Å². The number of pyridine rings is 1. The minimum Gasteiger partial charge on any atom is -0.478 e. The Balaban J connectivity index is 1.96. The van der Waals surface area contributed by atoms with Crippen LogP contribution in [0.15, 0.2) is 48.7 Å². The van der Waals surface area contributed by atoms with Gasteiger partial charge < -0.3 is 14.9 Å². The number of carbonyl (C=O) groups is 1. The van der Waals surface area contributed by atoms with Gasteiger partial charge in [0.2, 0.25) is 0 Å². The molecule has 1 aliphatic heterocycles. The predicted octanol–water partition coefficient (Wildman–Crippen LogP) is 2.27. The van der Waals surface area contributed by atoms with Crippen molar-refractivity contribution in [1.82, 2.24) is 9.88 Å². The van der Waals surface area contributed by atoms with Crippen LogP contribution in [0, 0.1) is 0 Å². The average Bonchev–Trinajstić information content (AvgIpc) is 2.55. The van der Waals surface area contributed by atoms with Crippen molar-refractivity contribution in [2.75, 3.05) is 31.6 Å². The number of aromatic nitrogens is 1. The third-order valence-corrected chi connectivity index (χ3v) is 4.05. The molecule has 1 N–H and O–H groups in total. The highest BCUT2D eigenvalue weighted by molar-refractivity contribution is 5.88. The fraction of sp³-hybridized carbons (Fsp3) is 0.294. The minimum absolute atomic E-state index is 0.177. The lowest BCUT2D eigenvalue weighted by Crippen LogP contribution is -2.47. The maximum absolute atomic E-state index is 11.2. The Morgan fingerprint density at radius 3 is 2.73 bits per heavy atom. The number of hydrogen-bond donors (Lipinski definition) is 1. The molecule has 0 bridgehead atoms. The van der Waals surface area contributed by atoms with Crippen LogP contribution in [0.25, 0.3) is 0 Å². The first-order valence-corrected chi connectivity index (χ1v) is 7.34. The Bertz CT molecular complexity index is 660. The first-order chi connectivity index (χ1) is 10.6. The number of carboxylic acid groups (broad SMARTS) is 1. The van der Waals surface area contributed by atoms with Gasteiger partial charge in [0.25, 0.3) is 0 Å². The zero-order valence-corrected chi connectivity index (χ0v) is 12.5. The van der Waals surface area contributed by atoms with Crippen molar-refractivity contribution in [3.63, 3.8) is 0 Å².